The van der Waals surface area contributed by atoms with Crippen LogP contribution in [0.1, 0.15) is 5.56 Å². The Hall–Kier alpha value is -4.11. The van der Waals surface area contributed by atoms with Gasteiger partial charge in [0.2, 0.25) is 0 Å². The van der Waals surface area contributed by atoms with Gasteiger partial charge in [0.05, 0.1) is 18.1 Å². The van der Waals surface area contributed by atoms with Crippen molar-refractivity contribution in [3.63, 3.8) is 0 Å². The van der Waals surface area contributed by atoms with Crippen molar-refractivity contribution in [1.29, 1.82) is 0 Å². The molecule has 2 amide bonds. The van der Waals surface area contributed by atoms with E-state index in [1.165, 1.54) is 33.2 Å². The number of nitrogens with zero attached hydrogens (tertiary/aromatic N) is 4. The second-order valence-corrected chi connectivity index (χ2v) is 7.86. The van der Waals surface area contributed by atoms with Crippen LogP contribution in [0.25, 0.3) is 11.3 Å². The lowest BCUT2D eigenvalue weighted by Gasteiger charge is -2.15. The van der Waals surface area contributed by atoms with Crippen molar-refractivity contribution < 1.29 is 14.2 Å². The van der Waals surface area contributed by atoms with E-state index in [2.05, 4.69) is 15.3 Å². The van der Waals surface area contributed by atoms with E-state index in [4.69, 9.17) is 5.73 Å². The highest BCUT2D eigenvalue weighted by molar-refractivity contribution is 7.13. The lowest BCUT2D eigenvalue weighted by molar-refractivity contribution is -0.579. The molecule has 0 aliphatic carbocycles. The predicted molar refractivity (Wildman–Crippen MR) is 123 cm³/mol. The Morgan fingerprint density at radius 3 is 2.41 bits per heavy atom. The molecule has 0 unspecified atom stereocenters. The molecule has 2 aromatic carbocycles. The molecule has 4 rings (SSSR count). The molecule has 0 saturated heterocycles. The number of anilines is 2. The van der Waals surface area contributed by atoms with Gasteiger partial charge in [-0.25, -0.2) is 9.88 Å². The van der Waals surface area contributed by atoms with Gasteiger partial charge in [0.1, 0.15) is 18.9 Å². The van der Waals surface area contributed by atoms with Crippen LogP contribution >= 0.6 is 11.3 Å². The molecule has 0 aliphatic heterocycles. The van der Waals surface area contributed by atoms with E-state index in [0.29, 0.717) is 17.4 Å². The average molecular weight is 446 g/mol. The number of hydrogen-bond donors (Lipinski definition) is 2. The van der Waals surface area contributed by atoms with E-state index >= 15 is 0 Å². The fraction of sp³-hybridized carbons (Fsp3) is 0.0870. The van der Waals surface area contributed by atoms with Gasteiger partial charge in [-0.2, -0.15) is 9.36 Å². The summed E-state index contributed by atoms with van der Waals surface area (Å²) in [7, 11) is 0. The summed E-state index contributed by atoms with van der Waals surface area (Å²) in [6.07, 6.45) is 6.16. The van der Waals surface area contributed by atoms with Gasteiger partial charge in [-0.3, -0.25) is 9.78 Å². The second kappa shape index (κ2) is 9.80. The maximum absolute atomic E-state index is 13.0. The zero-order valence-electron chi connectivity index (χ0n) is 17.1. The molecular formula is C23H21N6O2S+. The van der Waals surface area contributed by atoms with Gasteiger partial charge in [0.25, 0.3) is 5.91 Å². The van der Waals surface area contributed by atoms with Crippen LogP contribution in [-0.2, 0) is 11.3 Å². The van der Waals surface area contributed by atoms with Gasteiger partial charge in [-0.15, -0.1) is 11.3 Å². The van der Waals surface area contributed by atoms with Crippen LogP contribution < -0.4 is 15.6 Å². The van der Waals surface area contributed by atoms with Crippen molar-refractivity contribution in [3.05, 3.63) is 90.3 Å². The largest absolute Gasteiger partial charge is 0.498 e. The standard InChI is InChI=1S/C23H20N6O2S/c24-22-27-20(16-32-22)18-6-8-19(9-7-18)26-21(30)15-29(14-17-4-2-1-3-5-17)23(31)28-12-10-25-11-13-28/h1-13,16H,14-15H2,(H2-,24,26,27,30)/p+1. The van der Waals surface area contributed by atoms with Crippen LogP contribution in [0.3, 0.4) is 0 Å². The van der Waals surface area contributed by atoms with E-state index in [-0.39, 0.29) is 18.5 Å². The van der Waals surface area contributed by atoms with Crippen LogP contribution in [0.4, 0.5) is 15.6 Å². The van der Waals surface area contributed by atoms with E-state index < -0.39 is 0 Å². The molecule has 0 fully saturated rings. The molecule has 0 radical (unpaired) electrons. The fourth-order valence-corrected chi connectivity index (χ4v) is 3.70. The average Bonchev–Trinajstić information content (AvgIpc) is 3.26. The van der Waals surface area contributed by atoms with Crippen LogP contribution in [0.5, 0.6) is 0 Å². The van der Waals surface area contributed by atoms with E-state index in [9.17, 15) is 9.59 Å². The fourth-order valence-electron chi connectivity index (χ4n) is 3.12. The molecule has 8 nitrogen and oxygen atoms in total. The zero-order valence-corrected chi connectivity index (χ0v) is 17.9. The number of nitrogens with one attached hydrogen (secondary N) is 1. The summed E-state index contributed by atoms with van der Waals surface area (Å²) in [5.74, 6) is -0.297. The first-order chi connectivity index (χ1) is 15.6. The number of carbonyl (C=O) groups excluding carboxylic acids is 2. The van der Waals surface area contributed by atoms with Crippen LogP contribution in [0.15, 0.2) is 84.8 Å². The molecule has 3 N–H and O–H groups in total. The second-order valence-electron chi connectivity index (χ2n) is 6.97. The van der Waals surface area contributed by atoms with Crippen molar-refractivity contribution in [1.82, 2.24) is 14.9 Å². The SMILES string of the molecule is Nc1nc(-c2ccc(NC(=O)CN(Cc3ccccc3)C(=O)[n+]3ccncc3)cc2)cs1. The third-order valence-electron chi connectivity index (χ3n) is 4.66. The van der Waals surface area contributed by atoms with Crippen molar-refractivity contribution in [2.24, 2.45) is 0 Å². The number of hydrogen-bond acceptors (Lipinski definition) is 6. The normalized spacial score (nSPS) is 10.5. The molecule has 2 heterocycles. The molecule has 32 heavy (non-hydrogen) atoms. The number of amides is 2. The Morgan fingerprint density at radius 2 is 1.75 bits per heavy atom. The minimum atomic E-state index is -0.317. The first-order valence-corrected chi connectivity index (χ1v) is 10.7. The summed E-state index contributed by atoms with van der Waals surface area (Å²) >= 11 is 1.38. The van der Waals surface area contributed by atoms with Gasteiger partial charge in [-0.05, 0) is 17.7 Å². The number of nitrogens with two attached hydrogens (primary N) is 1. The Labute approximate surface area is 189 Å². The molecule has 0 atom stereocenters. The van der Waals surface area contributed by atoms with Gasteiger partial charge in [0.15, 0.2) is 11.7 Å². The molecule has 4 aromatic rings. The molecule has 0 bridgehead atoms. The Morgan fingerprint density at radius 1 is 1.03 bits per heavy atom. The van der Waals surface area contributed by atoms with Crippen molar-refractivity contribution in [2.75, 3.05) is 17.6 Å². The predicted octanol–water partition coefficient (Wildman–Crippen LogP) is 3.18. The summed E-state index contributed by atoms with van der Waals surface area (Å²) in [6, 6.07) is 16.5. The Balaban J connectivity index is 1.46. The maximum Gasteiger partial charge on any atom is 0.498 e. The molecule has 0 aliphatic rings. The number of thiazole rings is 1. The maximum atomic E-state index is 13.0. The summed E-state index contributed by atoms with van der Waals surface area (Å²) in [5.41, 5.74) is 8.95. The first-order valence-electron chi connectivity index (χ1n) is 9.84. The lowest BCUT2D eigenvalue weighted by atomic mass is 10.1. The number of aromatic nitrogens is 3. The van der Waals surface area contributed by atoms with E-state index in [1.54, 1.807) is 24.5 Å². The van der Waals surface area contributed by atoms with Crippen molar-refractivity contribution in [3.8, 4) is 11.3 Å². The Kier molecular flexibility index (Phi) is 6.47. The van der Waals surface area contributed by atoms with Crippen molar-refractivity contribution >= 4 is 34.1 Å². The third kappa shape index (κ3) is 5.32. The quantitative estimate of drug-likeness (QED) is 0.444. The summed E-state index contributed by atoms with van der Waals surface area (Å²) in [4.78, 5) is 35.4. The highest BCUT2D eigenvalue weighted by Gasteiger charge is 2.27. The molecule has 0 saturated carbocycles. The zero-order chi connectivity index (χ0) is 22.3. The monoisotopic (exact) mass is 445 g/mol. The summed E-state index contributed by atoms with van der Waals surface area (Å²) in [5, 5.41) is 5.24. The van der Waals surface area contributed by atoms with Crippen LogP contribution in [-0.4, -0.2) is 33.4 Å². The van der Waals surface area contributed by atoms with Gasteiger partial charge in [-0.1, -0.05) is 42.5 Å². The Bertz CT molecular complexity index is 1200. The number of carbonyl (C=O) groups is 2. The lowest BCUT2D eigenvalue weighted by Crippen LogP contribution is -2.53. The molecule has 160 valence electrons. The number of rotatable bonds is 6. The number of benzene rings is 2. The molecular weight excluding hydrogens is 424 g/mol. The molecule has 0 spiro atoms. The number of nitrogen functional groups attached to an aromatic ring is 1. The van der Waals surface area contributed by atoms with Gasteiger partial charge < -0.3 is 11.1 Å². The third-order valence-corrected chi connectivity index (χ3v) is 5.33. The topological polar surface area (TPSA) is 105 Å². The highest BCUT2D eigenvalue weighted by atomic mass is 32.1. The van der Waals surface area contributed by atoms with E-state index in [0.717, 1.165) is 16.8 Å². The van der Waals surface area contributed by atoms with Gasteiger partial charge in [0, 0.05) is 16.6 Å². The summed E-state index contributed by atoms with van der Waals surface area (Å²) < 4.78 is 1.40. The molecule has 9 heteroatoms. The highest BCUT2D eigenvalue weighted by Crippen LogP contribution is 2.24. The van der Waals surface area contributed by atoms with Crippen LogP contribution in [0.2, 0.25) is 0 Å². The minimum Gasteiger partial charge on any atom is -0.375 e. The summed E-state index contributed by atoms with van der Waals surface area (Å²) in [6.45, 7) is 0.194. The minimum absolute atomic E-state index is 0.104. The van der Waals surface area contributed by atoms with Crippen LogP contribution in [0, 0.1) is 0 Å². The first kappa shape index (κ1) is 21.1. The smallest absolute Gasteiger partial charge is 0.375 e. The van der Waals surface area contributed by atoms with E-state index in [1.807, 2.05) is 47.8 Å². The van der Waals surface area contributed by atoms with Crippen molar-refractivity contribution in [2.45, 2.75) is 6.54 Å². The van der Waals surface area contributed by atoms with Gasteiger partial charge >= 0.3 is 6.03 Å². The molecule has 2 aromatic heterocycles.